The molecule has 1 N–H and O–H groups in total. The van der Waals surface area contributed by atoms with Crippen LogP contribution in [-0.2, 0) is 0 Å². The lowest BCUT2D eigenvalue weighted by atomic mass is 9.62. The van der Waals surface area contributed by atoms with Crippen LogP contribution in [0.5, 0.6) is 0 Å². The van der Waals surface area contributed by atoms with Crippen molar-refractivity contribution in [2.45, 2.75) is 275 Å². The van der Waals surface area contributed by atoms with Crippen LogP contribution < -0.4 is 5.32 Å². The predicted molar refractivity (Wildman–Crippen MR) is 325 cm³/mol. The lowest BCUT2D eigenvalue weighted by Gasteiger charge is -2.50. The second-order valence-electron chi connectivity index (χ2n) is 25.1. The molecular formula is C65H123N3S2. The molecule has 1 unspecified atom stereocenters. The number of unbranched alkanes of at least 4 members (excludes halogenated alkanes) is 13. The van der Waals surface area contributed by atoms with E-state index in [4.69, 9.17) is 13.2 Å². The Morgan fingerprint density at radius 2 is 1.01 bits per heavy atom. The Labute approximate surface area is 448 Å². The maximum Gasteiger partial charge on any atom is 0.0271 e. The summed E-state index contributed by atoms with van der Waals surface area (Å²) in [6.07, 6.45) is 45.0. The molecule has 3 nitrogen and oxygen atoms in total. The van der Waals surface area contributed by atoms with Crippen molar-refractivity contribution in [3.63, 3.8) is 0 Å². The van der Waals surface area contributed by atoms with Gasteiger partial charge in [0.1, 0.15) is 0 Å². The van der Waals surface area contributed by atoms with Crippen LogP contribution in [0.4, 0.5) is 0 Å². The standard InChI is InChI=1S/C65H123N3S2/c1-16-19-22-25-27-28-30-34-41-57(4)53-62(8,9)64(12,13)55-68(60(7)43-40-51-70-69-50-39-42-59(6)66-46-49-67-47-37-32-33-38-48-67)56-65(14,15)63(10,11)54-58(5)52-61(44-35-29-24-21-18-3)45-36-31-26-23-20-17-2/h28,30,61,66H,4-7,16-27,29,31-56H2,1-3,8-15H3/b30-28-. The molecule has 5 heteroatoms. The van der Waals surface area contributed by atoms with E-state index in [1.54, 1.807) is 0 Å². The Hall–Kier alpha value is -1.04. The van der Waals surface area contributed by atoms with Crippen molar-refractivity contribution >= 4 is 21.6 Å². The van der Waals surface area contributed by atoms with E-state index >= 15 is 0 Å². The van der Waals surface area contributed by atoms with Gasteiger partial charge in [-0.05, 0) is 124 Å². The average molecular weight is 1010 g/mol. The third-order valence-corrected chi connectivity index (χ3v) is 19.5. The van der Waals surface area contributed by atoms with Gasteiger partial charge in [0.2, 0.25) is 0 Å². The molecule has 0 bridgehead atoms. The van der Waals surface area contributed by atoms with Gasteiger partial charge in [-0.3, -0.25) is 0 Å². The summed E-state index contributed by atoms with van der Waals surface area (Å²) in [4.78, 5) is 5.38. The monoisotopic (exact) mass is 1010 g/mol. The van der Waals surface area contributed by atoms with Gasteiger partial charge in [0.15, 0.2) is 0 Å². The van der Waals surface area contributed by atoms with E-state index in [1.807, 2.05) is 10.8 Å². The van der Waals surface area contributed by atoms with Crippen LogP contribution in [0.15, 0.2) is 61.0 Å². The summed E-state index contributed by atoms with van der Waals surface area (Å²) < 4.78 is 0. The largest absolute Gasteiger partial charge is 0.388 e. The van der Waals surface area contributed by atoms with Gasteiger partial charge in [0.25, 0.3) is 0 Å². The summed E-state index contributed by atoms with van der Waals surface area (Å²) >= 11 is 0. The molecule has 0 aromatic heterocycles. The Balaban J connectivity index is 2.98. The normalized spacial score (nSPS) is 14.8. The van der Waals surface area contributed by atoms with E-state index in [1.165, 1.54) is 208 Å². The van der Waals surface area contributed by atoms with E-state index < -0.39 is 0 Å². The fourth-order valence-electron chi connectivity index (χ4n) is 10.6. The van der Waals surface area contributed by atoms with Crippen LogP contribution >= 0.6 is 21.6 Å². The molecular weight excluding hydrogens is 887 g/mol. The van der Waals surface area contributed by atoms with E-state index in [9.17, 15) is 0 Å². The summed E-state index contributed by atoms with van der Waals surface area (Å²) in [6, 6.07) is 0. The molecule has 1 fully saturated rings. The Bertz CT molecular complexity index is 1380. The quantitative estimate of drug-likeness (QED) is 0.0371. The highest BCUT2D eigenvalue weighted by Crippen LogP contribution is 2.48. The summed E-state index contributed by atoms with van der Waals surface area (Å²) in [7, 11) is 4.11. The first-order valence-corrected chi connectivity index (χ1v) is 32.6. The Kier molecular flexibility index (Phi) is 37.7. The van der Waals surface area contributed by atoms with Crippen LogP contribution in [0.3, 0.4) is 0 Å². The number of nitrogens with zero attached hydrogens (tertiary/aromatic N) is 2. The van der Waals surface area contributed by atoms with E-state index in [2.05, 4.69) is 127 Å². The Morgan fingerprint density at radius 1 is 0.543 bits per heavy atom. The fraction of sp³-hybridized carbons (Fsp3) is 0.846. The minimum atomic E-state index is 0.0646. The molecule has 0 spiro atoms. The smallest absolute Gasteiger partial charge is 0.0271 e. The third kappa shape index (κ3) is 31.6. The highest BCUT2D eigenvalue weighted by atomic mass is 33.1. The van der Waals surface area contributed by atoms with Crippen molar-refractivity contribution in [2.24, 2.45) is 27.6 Å². The van der Waals surface area contributed by atoms with Gasteiger partial charge in [-0.2, -0.15) is 0 Å². The van der Waals surface area contributed by atoms with E-state index in [0.717, 1.165) is 70.6 Å². The third-order valence-electron chi connectivity index (χ3n) is 17.0. The van der Waals surface area contributed by atoms with Crippen LogP contribution in [-0.4, -0.2) is 60.6 Å². The zero-order chi connectivity index (χ0) is 52.2. The summed E-state index contributed by atoms with van der Waals surface area (Å²) in [6.45, 7) is 52.7. The fourth-order valence-corrected chi connectivity index (χ4v) is 12.7. The van der Waals surface area contributed by atoms with Crippen LogP contribution in [0.1, 0.15) is 275 Å². The molecule has 1 aliphatic heterocycles. The van der Waals surface area contributed by atoms with Gasteiger partial charge >= 0.3 is 0 Å². The van der Waals surface area contributed by atoms with Gasteiger partial charge in [-0.15, -0.1) is 0 Å². The zero-order valence-electron chi connectivity index (χ0n) is 49.3. The number of nitrogens with one attached hydrogen (secondary N) is 1. The molecule has 1 rings (SSSR count). The van der Waals surface area contributed by atoms with E-state index in [0.29, 0.717) is 0 Å². The molecule has 1 aliphatic rings. The second kappa shape index (κ2) is 39.4. The molecule has 0 aromatic rings. The molecule has 0 radical (unpaired) electrons. The van der Waals surface area contributed by atoms with Crippen molar-refractivity contribution in [1.29, 1.82) is 0 Å². The van der Waals surface area contributed by atoms with Crippen molar-refractivity contribution in [1.82, 2.24) is 15.1 Å². The molecule has 1 atom stereocenters. The van der Waals surface area contributed by atoms with Crippen molar-refractivity contribution < 1.29 is 0 Å². The summed E-state index contributed by atoms with van der Waals surface area (Å²) in [5.74, 6) is 3.14. The molecule has 1 heterocycles. The minimum Gasteiger partial charge on any atom is -0.388 e. The van der Waals surface area contributed by atoms with Gasteiger partial charge in [0, 0.05) is 49.1 Å². The molecule has 0 aliphatic carbocycles. The van der Waals surface area contributed by atoms with Gasteiger partial charge in [0.05, 0.1) is 0 Å². The van der Waals surface area contributed by atoms with Crippen molar-refractivity contribution in [2.75, 3.05) is 50.8 Å². The SMILES string of the molecule is C=C(CC/C=C\CCCCCC)CC(C)(C)C(C)(C)CN(CC(C)(C)C(C)(C)CC(=C)CC(CCCCCCC)CCCCCCCC)C(=C)CCCSSCCCC(=C)NCCN1CCCCCC1. The Morgan fingerprint density at radius 3 is 1.56 bits per heavy atom. The number of hydrogen-bond acceptors (Lipinski definition) is 5. The topological polar surface area (TPSA) is 18.5 Å². The number of allylic oxidation sites excluding steroid dienone is 6. The van der Waals surface area contributed by atoms with Gasteiger partial charge in [-0.1, -0.05) is 263 Å². The summed E-state index contributed by atoms with van der Waals surface area (Å²) in [5, 5.41) is 3.63. The van der Waals surface area contributed by atoms with E-state index in [-0.39, 0.29) is 21.7 Å². The zero-order valence-corrected chi connectivity index (χ0v) is 51.0. The van der Waals surface area contributed by atoms with Crippen molar-refractivity contribution in [3.8, 4) is 0 Å². The molecule has 410 valence electrons. The van der Waals surface area contributed by atoms with Crippen LogP contribution in [0.2, 0.25) is 0 Å². The van der Waals surface area contributed by atoms with Crippen molar-refractivity contribution in [3.05, 3.63) is 61.0 Å². The van der Waals surface area contributed by atoms with Gasteiger partial charge < -0.3 is 15.1 Å². The molecule has 0 aromatic carbocycles. The molecule has 0 amide bonds. The highest BCUT2D eigenvalue weighted by molar-refractivity contribution is 8.76. The first-order chi connectivity index (χ1) is 33.3. The summed E-state index contributed by atoms with van der Waals surface area (Å²) in [5.41, 5.74) is 5.75. The number of likely N-dealkylation sites (tertiary alicyclic amines) is 1. The number of hydrogen-bond donors (Lipinski definition) is 1. The van der Waals surface area contributed by atoms with Gasteiger partial charge in [-0.25, -0.2) is 0 Å². The van der Waals surface area contributed by atoms with Crippen LogP contribution in [0.25, 0.3) is 0 Å². The lowest BCUT2D eigenvalue weighted by molar-refractivity contribution is 0.0212. The first-order valence-electron chi connectivity index (χ1n) is 30.1. The molecule has 70 heavy (non-hydrogen) atoms. The molecule has 1 saturated heterocycles. The highest BCUT2D eigenvalue weighted by Gasteiger charge is 2.43. The van der Waals surface area contributed by atoms with Crippen LogP contribution in [0, 0.1) is 27.6 Å². The minimum absolute atomic E-state index is 0.0646. The lowest BCUT2D eigenvalue weighted by Crippen LogP contribution is -2.48. The molecule has 0 saturated carbocycles. The average Bonchev–Trinajstić information content (AvgIpc) is 3.57. The number of rotatable bonds is 47. The predicted octanol–water partition coefficient (Wildman–Crippen LogP) is 21.1. The first kappa shape index (κ1) is 67.0. The maximum absolute atomic E-state index is 4.90. The maximum atomic E-state index is 4.90. The second-order valence-corrected chi connectivity index (χ2v) is 27.8.